The predicted octanol–water partition coefficient (Wildman–Crippen LogP) is 3.96. The number of hydrogen-bond acceptors (Lipinski definition) is 6. The van der Waals surface area contributed by atoms with Crippen molar-refractivity contribution in [3.63, 3.8) is 0 Å². The van der Waals surface area contributed by atoms with Crippen molar-refractivity contribution in [3.05, 3.63) is 108 Å². The van der Waals surface area contributed by atoms with Gasteiger partial charge < -0.3 is 29.4 Å². The number of carbonyl (C=O) groups is 1. The first-order valence-electron chi connectivity index (χ1n) is 12.7. The molecule has 3 aromatic carbocycles. The van der Waals surface area contributed by atoms with Crippen molar-refractivity contribution < 1.29 is 28.8 Å². The van der Waals surface area contributed by atoms with Crippen LogP contribution in [0.4, 0.5) is 0 Å². The van der Waals surface area contributed by atoms with Crippen molar-refractivity contribution in [1.82, 2.24) is 5.32 Å². The van der Waals surface area contributed by atoms with Gasteiger partial charge in [0.05, 0.1) is 26.4 Å². The molecule has 2 fully saturated rings. The van der Waals surface area contributed by atoms with E-state index in [9.17, 15) is 9.90 Å². The smallest absolute Gasteiger partial charge is 0.320 e. The Hall–Kier alpha value is -3.07. The van der Waals surface area contributed by atoms with E-state index in [1.54, 1.807) is 0 Å². The molecule has 37 heavy (non-hydrogen) atoms. The number of carboxylic acids is 1. The van der Waals surface area contributed by atoms with E-state index < -0.39 is 35.9 Å². The summed E-state index contributed by atoms with van der Waals surface area (Å²) in [6, 6.07) is 29.2. The third-order valence-corrected chi connectivity index (χ3v) is 7.02. The van der Waals surface area contributed by atoms with Gasteiger partial charge in [-0.1, -0.05) is 91.0 Å². The molecule has 2 saturated heterocycles. The standard InChI is InChI=1S/C30H33NO6/c32-29(33)25-16-30(21-31-25)28(36-19-24-14-8-3-9-15-24)27(35-18-23-12-6-2-7-13-23)26(37-30)20-34-17-22-10-4-1-5-11-22/h1-15,25-28,31H,16-21H2,(H,32,33)/t25-,26-,27-,28+,30+/m0/s1. The third kappa shape index (κ3) is 6.26. The second-order valence-electron chi connectivity index (χ2n) is 9.68. The Balaban J connectivity index is 1.37. The molecule has 194 valence electrons. The first-order chi connectivity index (χ1) is 18.1. The second-order valence-corrected chi connectivity index (χ2v) is 9.68. The number of ether oxygens (including phenoxy) is 4. The zero-order valence-corrected chi connectivity index (χ0v) is 20.7. The number of hydrogen-bond donors (Lipinski definition) is 2. The summed E-state index contributed by atoms with van der Waals surface area (Å²) in [5.74, 6) is -0.896. The number of benzene rings is 3. The molecule has 0 saturated carbocycles. The van der Waals surface area contributed by atoms with E-state index >= 15 is 0 Å². The van der Waals surface area contributed by atoms with Gasteiger partial charge >= 0.3 is 5.97 Å². The molecule has 0 bridgehead atoms. The Morgan fingerprint density at radius 2 is 1.38 bits per heavy atom. The summed E-state index contributed by atoms with van der Waals surface area (Å²) in [6.45, 7) is 1.88. The minimum Gasteiger partial charge on any atom is -0.480 e. The average molecular weight is 504 g/mol. The Bertz CT molecular complexity index is 1130. The van der Waals surface area contributed by atoms with Crippen LogP contribution in [-0.4, -0.2) is 54.2 Å². The van der Waals surface area contributed by atoms with Crippen LogP contribution in [0.3, 0.4) is 0 Å². The van der Waals surface area contributed by atoms with Crippen LogP contribution in [-0.2, 0) is 43.6 Å². The van der Waals surface area contributed by atoms with Crippen LogP contribution in [0.5, 0.6) is 0 Å². The van der Waals surface area contributed by atoms with Gasteiger partial charge in [0.25, 0.3) is 0 Å². The van der Waals surface area contributed by atoms with Gasteiger partial charge in [0.1, 0.15) is 30.0 Å². The first-order valence-corrected chi connectivity index (χ1v) is 12.7. The van der Waals surface area contributed by atoms with E-state index in [0.717, 1.165) is 16.7 Å². The molecule has 2 aliphatic rings. The fourth-order valence-electron chi connectivity index (χ4n) is 5.16. The summed E-state index contributed by atoms with van der Waals surface area (Å²) in [5.41, 5.74) is 2.31. The molecule has 2 aliphatic heterocycles. The molecule has 5 rings (SSSR count). The average Bonchev–Trinajstić information content (AvgIpc) is 3.49. The Morgan fingerprint density at radius 3 is 1.92 bits per heavy atom. The summed E-state index contributed by atoms with van der Waals surface area (Å²) in [6.07, 6.45) is -1.03. The van der Waals surface area contributed by atoms with E-state index in [2.05, 4.69) is 5.32 Å². The molecule has 1 spiro atoms. The van der Waals surface area contributed by atoms with Gasteiger partial charge in [-0.3, -0.25) is 4.79 Å². The summed E-state index contributed by atoms with van der Waals surface area (Å²) in [5, 5.41) is 12.8. The molecule has 5 atom stereocenters. The van der Waals surface area contributed by atoms with Crippen molar-refractivity contribution in [1.29, 1.82) is 0 Å². The number of nitrogens with one attached hydrogen (secondary N) is 1. The van der Waals surface area contributed by atoms with Gasteiger partial charge in [0.15, 0.2) is 0 Å². The minimum atomic E-state index is -0.896. The van der Waals surface area contributed by atoms with E-state index in [0.29, 0.717) is 39.4 Å². The molecule has 7 heteroatoms. The Morgan fingerprint density at radius 1 is 0.838 bits per heavy atom. The third-order valence-electron chi connectivity index (χ3n) is 7.02. The van der Waals surface area contributed by atoms with E-state index in [1.807, 2.05) is 91.0 Å². The fourth-order valence-corrected chi connectivity index (χ4v) is 5.16. The van der Waals surface area contributed by atoms with Crippen LogP contribution in [0, 0.1) is 0 Å². The maximum Gasteiger partial charge on any atom is 0.320 e. The molecular formula is C30H33NO6. The molecule has 0 aromatic heterocycles. The van der Waals surface area contributed by atoms with Crippen LogP contribution >= 0.6 is 0 Å². The Labute approximate surface area is 217 Å². The summed E-state index contributed by atoms with van der Waals surface area (Å²) < 4.78 is 25.7. The quantitative estimate of drug-likeness (QED) is 0.410. The minimum absolute atomic E-state index is 0.294. The number of carboxylic acid groups (broad SMARTS) is 1. The Kier molecular flexibility index (Phi) is 8.28. The topological polar surface area (TPSA) is 86.3 Å². The van der Waals surface area contributed by atoms with Gasteiger partial charge in [-0.2, -0.15) is 0 Å². The van der Waals surface area contributed by atoms with Gasteiger partial charge in [-0.25, -0.2) is 0 Å². The van der Waals surface area contributed by atoms with Crippen molar-refractivity contribution in [3.8, 4) is 0 Å². The molecule has 2 N–H and O–H groups in total. The first kappa shape index (κ1) is 25.6. The van der Waals surface area contributed by atoms with Crippen LogP contribution in [0.2, 0.25) is 0 Å². The predicted molar refractivity (Wildman–Crippen MR) is 138 cm³/mol. The highest BCUT2D eigenvalue weighted by Crippen LogP contribution is 2.42. The second kappa shape index (κ2) is 12.0. The van der Waals surface area contributed by atoms with Gasteiger partial charge in [-0.05, 0) is 16.7 Å². The summed E-state index contributed by atoms with van der Waals surface area (Å²) in [7, 11) is 0. The molecule has 3 aromatic rings. The zero-order chi connectivity index (χ0) is 25.5. The lowest BCUT2D eigenvalue weighted by atomic mass is 9.91. The summed E-state index contributed by atoms with van der Waals surface area (Å²) in [4.78, 5) is 11.8. The molecule has 0 aliphatic carbocycles. The van der Waals surface area contributed by atoms with Gasteiger partial charge in [0, 0.05) is 13.0 Å². The van der Waals surface area contributed by atoms with Crippen molar-refractivity contribution in [2.24, 2.45) is 0 Å². The fraction of sp³-hybridized carbons (Fsp3) is 0.367. The molecule has 0 radical (unpaired) electrons. The molecule has 0 amide bonds. The lowest BCUT2D eigenvalue weighted by Gasteiger charge is -2.31. The molecule has 2 heterocycles. The van der Waals surface area contributed by atoms with Crippen LogP contribution in [0.1, 0.15) is 23.1 Å². The van der Waals surface area contributed by atoms with Crippen molar-refractivity contribution in [2.75, 3.05) is 13.2 Å². The van der Waals surface area contributed by atoms with Crippen LogP contribution in [0.25, 0.3) is 0 Å². The van der Waals surface area contributed by atoms with E-state index in [4.69, 9.17) is 18.9 Å². The number of aliphatic carboxylic acids is 1. The SMILES string of the molecule is O=C(O)[C@@H]1C[C@]2(CN1)O[C@@H](COCc1ccccc1)[C@H](OCc1ccccc1)[C@H]2OCc1ccccc1. The van der Waals surface area contributed by atoms with Gasteiger partial charge in [0.2, 0.25) is 0 Å². The number of rotatable bonds is 11. The van der Waals surface area contributed by atoms with Gasteiger partial charge in [-0.15, -0.1) is 0 Å². The lowest BCUT2D eigenvalue weighted by Crippen LogP contribution is -2.47. The maximum atomic E-state index is 11.8. The normalized spacial score (nSPS) is 27.0. The van der Waals surface area contributed by atoms with E-state index in [1.165, 1.54) is 0 Å². The molecule has 0 unspecified atom stereocenters. The maximum absolute atomic E-state index is 11.8. The lowest BCUT2D eigenvalue weighted by molar-refractivity contribution is -0.141. The highest BCUT2D eigenvalue weighted by atomic mass is 16.6. The zero-order valence-electron chi connectivity index (χ0n) is 20.7. The largest absolute Gasteiger partial charge is 0.480 e. The van der Waals surface area contributed by atoms with Crippen molar-refractivity contribution in [2.45, 2.75) is 56.2 Å². The van der Waals surface area contributed by atoms with E-state index in [-0.39, 0.29) is 0 Å². The summed E-state index contributed by atoms with van der Waals surface area (Å²) >= 11 is 0. The molecule has 7 nitrogen and oxygen atoms in total. The van der Waals surface area contributed by atoms with Crippen LogP contribution < -0.4 is 5.32 Å². The molecular weight excluding hydrogens is 470 g/mol. The van der Waals surface area contributed by atoms with Crippen molar-refractivity contribution >= 4 is 5.97 Å². The highest BCUT2D eigenvalue weighted by molar-refractivity contribution is 5.74. The monoisotopic (exact) mass is 503 g/mol. The van der Waals surface area contributed by atoms with Crippen LogP contribution in [0.15, 0.2) is 91.0 Å². The highest BCUT2D eigenvalue weighted by Gasteiger charge is 2.60.